The molecule has 4 nitrogen and oxygen atoms in total. The van der Waals surface area contributed by atoms with Crippen LogP contribution in [0.2, 0.25) is 0 Å². The fraction of sp³-hybridized carbons (Fsp3) is 0.176. The highest BCUT2D eigenvalue weighted by atomic mass is 19.1. The van der Waals surface area contributed by atoms with Crippen molar-refractivity contribution in [3.05, 3.63) is 65.5 Å². The van der Waals surface area contributed by atoms with Crippen LogP contribution in [0.5, 0.6) is 0 Å². The summed E-state index contributed by atoms with van der Waals surface area (Å²) in [6.07, 6.45) is 0.269. The molecule has 0 unspecified atom stereocenters. The van der Waals surface area contributed by atoms with E-state index in [1.54, 1.807) is 36.4 Å². The van der Waals surface area contributed by atoms with Gasteiger partial charge in [-0.1, -0.05) is 24.3 Å². The smallest absolute Gasteiger partial charge is 0.222 e. The van der Waals surface area contributed by atoms with Crippen molar-refractivity contribution in [2.45, 2.75) is 13.0 Å². The fourth-order valence-corrected chi connectivity index (χ4v) is 1.94. The Hall–Kier alpha value is -2.87. The number of carbonyl (C=O) groups excluding carboxylic acids is 1. The molecule has 1 amide bonds. The normalized spacial score (nSPS) is 9.82. The molecule has 22 heavy (non-hydrogen) atoms. The Morgan fingerprint density at radius 1 is 1.18 bits per heavy atom. The summed E-state index contributed by atoms with van der Waals surface area (Å²) in [6, 6.07) is 15.4. The fourth-order valence-electron chi connectivity index (χ4n) is 1.94. The molecular weight excluding hydrogens is 281 g/mol. The quantitative estimate of drug-likeness (QED) is 0.861. The molecule has 0 spiro atoms. The number of nitrogens with zero attached hydrogens (tertiary/aromatic N) is 1. The standard InChI is InChI=1S/C17H16FN3O/c18-16-7-2-1-5-14(16)12-21-17(22)8-9-20-15-6-3-4-13(10-15)11-19/h1-7,10,20H,8-9,12H2,(H,21,22). The summed E-state index contributed by atoms with van der Waals surface area (Å²) in [7, 11) is 0. The van der Waals surface area contributed by atoms with Crippen molar-refractivity contribution in [3.63, 3.8) is 0 Å². The minimum atomic E-state index is -0.325. The van der Waals surface area contributed by atoms with Crippen molar-refractivity contribution in [2.75, 3.05) is 11.9 Å². The Kier molecular flexibility index (Phi) is 5.50. The number of nitriles is 1. The van der Waals surface area contributed by atoms with Gasteiger partial charge in [0.05, 0.1) is 11.6 Å². The van der Waals surface area contributed by atoms with Crippen molar-refractivity contribution in [3.8, 4) is 6.07 Å². The number of anilines is 1. The van der Waals surface area contributed by atoms with E-state index in [-0.39, 0.29) is 24.7 Å². The summed E-state index contributed by atoms with van der Waals surface area (Å²) in [5.74, 6) is -0.485. The Bertz CT molecular complexity index is 694. The van der Waals surface area contributed by atoms with E-state index >= 15 is 0 Å². The average molecular weight is 297 g/mol. The van der Waals surface area contributed by atoms with Crippen molar-refractivity contribution >= 4 is 11.6 Å². The molecule has 0 aliphatic rings. The van der Waals surface area contributed by atoms with E-state index in [0.717, 1.165) is 5.69 Å². The summed E-state index contributed by atoms with van der Waals surface area (Å²) in [5.41, 5.74) is 1.82. The number of nitrogens with one attached hydrogen (secondary N) is 2. The van der Waals surface area contributed by atoms with Gasteiger partial charge in [0.15, 0.2) is 0 Å². The maximum atomic E-state index is 13.4. The summed E-state index contributed by atoms with van der Waals surface area (Å²) in [4.78, 5) is 11.7. The number of carbonyl (C=O) groups is 1. The van der Waals surface area contributed by atoms with Gasteiger partial charge < -0.3 is 10.6 Å². The number of rotatable bonds is 6. The Balaban J connectivity index is 1.74. The lowest BCUT2D eigenvalue weighted by Gasteiger charge is -2.08. The van der Waals surface area contributed by atoms with Crippen LogP contribution in [0, 0.1) is 17.1 Å². The van der Waals surface area contributed by atoms with Gasteiger partial charge in [-0.25, -0.2) is 4.39 Å². The molecule has 0 atom stereocenters. The molecule has 0 aliphatic carbocycles. The molecule has 2 N–H and O–H groups in total. The third-order valence-corrected chi connectivity index (χ3v) is 3.11. The maximum Gasteiger partial charge on any atom is 0.222 e. The zero-order valence-corrected chi connectivity index (χ0v) is 12.0. The van der Waals surface area contributed by atoms with Crippen LogP contribution < -0.4 is 10.6 Å². The van der Waals surface area contributed by atoms with Gasteiger partial charge in [-0.05, 0) is 24.3 Å². The molecule has 2 aromatic rings. The molecule has 0 radical (unpaired) electrons. The van der Waals surface area contributed by atoms with Crippen LogP contribution in [-0.2, 0) is 11.3 Å². The number of benzene rings is 2. The first-order valence-corrected chi connectivity index (χ1v) is 6.93. The second-order valence-electron chi connectivity index (χ2n) is 4.74. The number of halogens is 1. The molecule has 0 aromatic heterocycles. The van der Waals surface area contributed by atoms with Gasteiger partial charge in [-0.3, -0.25) is 4.79 Å². The molecular formula is C17H16FN3O. The van der Waals surface area contributed by atoms with Gasteiger partial charge in [-0.2, -0.15) is 5.26 Å². The summed E-state index contributed by atoms with van der Waals surface area (Å²) >= 11 is 0. The van der Waals surface area contributed by atoms with Crippen LogP contribution in [0.25, 0.3) is 0 Å². The molecule has 2 rings (SSSR count). The summed E-state index contributed by atoms with van der Waals surface area (Å²) in [5, 5.41) is 14.6. The SMILES string of the molecule is N#Cc1cccc(NCCC(=O)NCc2ccccc2F)c1. The van der Waals surface area contributed by atoms with Gasteiger partial charge in [0.25, 0.3) is 0 Å². The monoisotopic (exact) mass is 297 g/mol. The zero-order chi connectivity index (χ0) is 15.8. The maximum absolute atomic E-state index is 13.4. The molecule has 0 fully saturated rings. The summed E-state index contributed by atoms with van der Waals surface area (Å²) < 4.78 is 13.4. The molecule has 0 bridgehead atoms. The molecule has 2 aromatic carbocycles. The van der Waals surface area contributed by atoms with Crippen molar-refractivity contribution in [2.24, 2.45) is 0 Å². The second-order valence-corrected chi connectivity index (χ2v) is 4.74. The third kappa shape index (κ3) is 4.60. The highest BCUT2D eigenvalue weighted by molar-refractivity contribution is 5.76. The van der Waals surface area contributed by atoms with Gasteiger partial charge in [0.1, 0.15) is 5.82 Å². The number of hydrogen-bond acceptors (Lipinski definition) is 3. The largest absolute Gasteiger partial charge is 0.384 e. The first kappa shape index (κ1) is 15.5. The highest BCUT2D eigenvalue weighted by Crippen LogP contribution is 2.09. The number of hydrogen-bond donors (Lipinski definition) is 2. The highest BCUT2D eigenvalue weighted by Gasteiger charge is 2.04. The predicted octanol–water partition coefficient (Wildman–Crippen LogP) is 2.82. The second kappa shape index (κ2) is 7.79. The van der Waals surface area contributed by atoms with Crippen LogP contribution in [0.4, 0.5) is 10.1 Å². The first-order chi connectivity index (χ1) is 10.7. The van der Waals surface area contributed by atoms with E-state index in [2.05, 4.69) is 16.7 Å². The predicted molar refractivity (Wildman–Crippen MR) is 82.5 cm³/mol. The zero-order valence-electron chi connectivity index (χ0n) is 12.0. The van der Waals surface area contributed by atoms with Crippen molar-refractivity contribution in [1.29, 1.82) is 5.26 Å². The van der Waals surface area contributed by atoms with E-state index in [4.69, 9.17) is 5.26 Å². The van der Waals surface area contributed by atoms with Crippen molar-refractivity contribution in [1.82, 2.24) is 5.32 Å². The van der Waals surface area contributed by atoms with E-state index in [1.807, 2.05) is 6.07 Å². The molecule has 0 saturated carbocycles. The Morgan fingerprint density at radius 2 is 2.00 bits per heavy atom. The molecule has 112 valence electrons. The van der Waals surface area contributed by atoms with Gasteiger partial charge in [0, 0.05) is 30.8 Å². The molecule has 0 aliphatic heterocycles. The van der Waals surface area contributed by atoms with Gasteiger partial charge in [0.2, 0.25) is 5.91 Å². The van der Waals surface area contributed by atoms with E-state index in [1.165, 1.54) is 6.07 Å². The Labute approximate surface area is 128 Å². The van der Waals surface area contributed by atoms with E-state index in [0.29, 0.717) is 17.7 Å². The number of amides is 1. The lowest BCUT2D eigenvalue weighted by molar-refractivity contribution is -0.121. The van der Waals surface area contributed by atoms with Crippen LogP contribution in [-0.4, -0.2) is 12.5 Å². The average Bonchev–Trinajstić information content (AvgIpc) is 2.54. The van der Waals surface area contributed by atoms with E-state index < -0.39 is 0 Å². The first-order valence-electron chi connectivity index (χ1n) is 6.93. The van der Waals surface area contributed by atoms with Gasteiger partial charge >= 0.3 is 0 Å². The lowest BCUT2D eigenvalue weighted by Crippen LogP contribution is -2.25. The molecule has 0 saturated heterocycles. The summed E-state index contributed by atoms with van der Waals surface area (Å²) in [6.45, 7) is 0.618. The third-order valence-electron chi connectivity index (χ3n) is 3.11. The Morgan fingerprint density at radius 3 is 2.77 bits per heavy atom. The van der Waals surface area contributed by atoms with Crippen LogP contribution in [0.3, 0.4) is 0 Å². The molecule has 5 heteroatoms. The topological polar surface area (TPSA) is 64.9 Å². The van der Waals surface area contributed by atoms with E-state index in [9.17, 15) is 9.18 Å². The van der Waals surface area contributed by atoms with Crippen LogP contribution >= 0.6 is 0 Å². The van der Waals surface area contributed by atoms with Crippen LogP contribution in [0.1, 0.15) is 17.5 Å². The van der Waals surface area contributed by atoms with Crippen molar-refractivity contribution < 1.29 is 9.18 Å². The molecule has 0 heterocycles. The minimum absolute atomic E-state index is 0.160. The van der Waals surface area contributed by atoms with Crippen LogP contribution in [0.15, 0.2) is 48.5 Å². The lowest BCUT2D eigenvalue weighted by atomic mass is 10.2. The van der Waals surface area contributed by atoms with Gasteiger partial charge in [-0.15, -0.1) is 0 Å². The minimum Gasteiger partial charge on any atom is -0.384 e.